The summed E-state index contributed by atoms with van der Waals surface area (Å²) in [6.45, 7) is 1.83. The second-order valence-electron chi connectivity index (χ2n) is 7.02. The topological polar surface area (TPSA) is 110 Å². The van der Waals surface area contributed by atoms with Gasteiger partial charge in [0.2, 0.25) is 0 Å². The molecule has 0 radical (unpaired) electrons. The summed E-state index contributed by atoms with van der Waals surface area (Å²) in [5.74, 6) is -0.864. The first-order valence-electron chi connectivity index (χ1n) is 9.82. The van der Waals surface area contributed by atoms with Crippen molar-refractivity contribution in [1.82, 2.24) is 0 Å². The zero-order valence-corrected chi connectivity index (χ0v) is 17.9. The number of benzene rings is 3. The maximum Gasteiger partial charge on any atom is 0.271 e. The van der Waals surface area contributed by atoms with Crippen LogP contribution in [0.4, 0.5) is 17.1 Å². The molecule has 1 N–H and O–H groups in total. The van der Waals surface area contributed by atoms with Crippen molar-refractivity contribution in [3.63, 3.8) is 0 Å². The molecule has 0 unspecified atom stereocenters. The molecule has 32 heavy (non-hydrogen) atoms. The van der Waals surface area contributed by atoms with Crippen LogP contribution in [0.15, 0.2) is 83.8 Å². The molecule has 4 rings (SSSR count). The van der Waals surface area contributed by atoms with E-state index < -0.39 is 25.8 Å². The normalized spacial score (nSPS) is 14.6. The van der Waals surface area contributed by atoms with Crippen molar-refractivity contribution in [3.05, 3.63) is 105 Å². The minimum absolute atomic E-state index is 0.126. The molecule has 0 aromatic heterocycles. The number of carbonyl (C=O) groups is 1. The molecule has 3 aromatic rings. The second-order valence-corrected chi connectivity index (χ2v) is 8.82. The molecule has 0 saturated heterocycles. The first-order chi connectivity index (χ1) is 15.3. The van der Waals surface area contributed by atoms with Crippen LogP contribution in [0.25, 0.3) is 5.57 Å². The number of para-hydroxylation sites is 1. The van der Waals surface area contributed by atoms with Crippen molar-refractivity contribution in [2.75, 3.05) is 16.2 Å². The standard InChI is InChI=1S/C23H19N3O5S/c1-2-25-20-14-7-6-13-19(20)21(16-9-4-3-5-10-16)22(32(25,30)31)23(27)24-17-11-8-12-18(15-17)26(28)29/h3-15H,2H2,1H3,(H,24,27). The van der Waals surface area contributed by atoms with Gasteiger partial charge in [0, 0.05) is 35.5 Å². The molecule has 1 amide bonds. The number of hydrogen-bond acceptors (Lipinski definition) is 5. The van der Waals surface area contributed by atoms with E-state index in [2.05, 4.69) is 5.32 Å². The molecule has 0 atom stereocenters. The Kier molecular flexibility index (Phi) is 5.50. The number of hydrogen-bond donors (Lipinski definition) is 1. The smallest absolute Gasteiger partial charge is 0.271 e. The average Bonchev–Trinajstić information content (AvgIpc) is 2.78. The Morgan fingerprint density at radius 1 is 1.00 bits per heavy atom. The Labute approximate surface area is 185 Å². The number of carbonyl (C=O) groups excluding carboxylic acids is 1. The molecule has 1 aliphatic rings. The van der Waals surface area contributed by atoms with E-state index in [-0.39, 0.29) is 23.5 Å². The fraction of sp³-hybridized carbons (Fsp3) is 0.0870. The molecule has 8 nitrogen and oxygen atoms in total. The van der Waals surface area contributed by atoms with Crippen molar-refractivity contribution in [3.8, 4) is 0 Å². The third-order valence-electron chi connectivity index (χ3n) is 5.09. The highest BCUT2D eigenvalue weighted by Gasteiger charge is 2.40. The largest absolute Gasteiger partial charge is 0.321 e. The van der Waals surface area contributed by atoms with E-state index in [4.69, 9.17) is 0 Å². The SMILES string of the molecule is CCN1c2ccccc2C(c2ccccc2)=C(C(=O)Nc2cccc([N+](=O)[O-])c2)S1(=O)=O. The van der Waals surface area contributed by atoms with Crippen LogP contribution in [0.5, 0.6) is 0 Å². The number of nitro benzene ring substituents is 1. The van der Waals surface area contributed by atoms with Crippen LogP contribution < -0.4 is 9.62 Å². The monoisotopic (exact) mass is 449 g/mol. The Bertz CT molecular complexity index is 1350. The maximum absolute atomic E-state index is 13.6. The van der Waals surface area contributed by atoms with E-state index >= 15 is 0 Å². The number of non-ortho nitro benzene ring substituents is 1. The lowest BCUT2D eigenvalue weighted by Gasteiger charge is -2.32. The molecular weight excluding hydrogens is 430 g/mol. The minimum atomic E-state index is -4.20. The molecule has 1 aliphatic heterocycles. The third-order valence-corrected chi connectivity index (χ3v) is 7.03. The van der Waals surface area contributed by atoms with Gasteiger partial charge in [-0.3, -0.25) is 19.2 Å². The fourth-order valence-corrected chi connectivity index (χ4v) is 5.49. The van der Waals surface area contributed by atoms with Crippen LogP contribution in [0.1, 0.15) is 18.1 Å². The van der Waals surface area contributed by atoms with Crippen LogP contribution in [0.3, 0.4) is 0 Å². The highest BCUT2D eigenvalue weighted by molar-refractivity contribution is 7.97. The second kappa shape index (κ2) is 8.27. The molecule has 3 aromatic carbocycles. The number of fused-ring (bicyclic) bond motifs is 1. The van der Waals surface area contributed by atoms with Crippen LogP contribution in [0.2, 0.25) is 0 Å². The molecule has 9 heteroatoms. The van der Waals surface area contributed by atoms with E-state index in [1.54, 1.807) is 61.5 Å². The number of amides is 1. The van der Waals surface area contributed by atoms with Crippen molar-refractivity contribution in [2.45, 2.75) is 6.92 Å². The highest BCUT2D eigenvalue weighted by atomic mass is 32.2. The van der Waals surface area contributed by atoms with Crippen molar-refractivity contribution in [1.29, 1.82) is 0 Å². The molecule has 0 aliphatic carbocycles. The summed E-state index contributed by atoms with van der Waals surface area (Å²) in [5.41, 5.74) is 1.87. The van der Waals surface area contributed by atoms with Gasteiger partial charge in [-0.1, -0.05) is 54.6 Å². The Morgan fingerprint density at radius 2 is 1.69 bits per heavy atom. The predicted octanol–water partition coefficient (Wildman–Crippen LogP) is 4.16. The Hall–Kier alpha value is -3.98. The lowest BCUT2D eigenvalue weighted by molar-refractivity contribution is -0.384. The molecule has 1 heterocycles. The van der Waals surface area contributed by atoms with Crippen LogP contribution in [0, 0.1) is 10.1 Å². The van der Waals surface area contributed by atoms with Crippen LogP contribution in [-0.2, 0) is 14.8 Å². The third kappa shape index (κ3) is 3.63. The molecule has 0 bridgehead atoms. The number of sulfonamides is 1. The molecule has 0 fully saturated rings. The lowest BCUT2D eigenvalue weighted by atomic mass is 9.95. The van der Waals surface area contributed by atoms with E-state index in [1.165, 1.54) is 28.6 Å². The predicted molar refractivity (Wildman–Crippen MR) is 123 cm³/mol. The van der Waals surface area contributed by atoms with Crippen molar-refractivity contribution in [2.24, 2.45) is 0 Å². The summed E-state index contributed by atoms with van der Waals surface area (Å²) in [4.78, 5) is 23.5. The first-order valence-corrected chi connectivity index (χ1v) is 11.3. The average molecular weight is 449 g/mol. The summed E-state index contributed by atoms with van der Waals surface area (Å²) in [6.07, 6.45) is 0. The fourth-order valence-electron chi connectivity index (χ4n) is 3.74. The Balaban J connectivity index is 1.94. The van der Waals surface area contributed by atoms with Gasteiger partial charge in [0.1, 0.15) is 0 Å². The molecule has 162 valence electrons. The van der Waals surface area contributed by atoms with Crippen molar-refractivity contribution < 1.29 is 18.1 Å². The maximum atomic E-state index is 13.6. The van der Waals surface area contributed by atoms with E-state index in [9.17, 15) is 23.3 Å². The lowest BCUT2D eigenvalue weighted by Crippen LogP contribution is -2.39. The number of rotatable bonds is 5. The number of nitrogens with one attached hydrogen (secondary N) is 1. The van der Waals surface area contributed by atoms with E-state index in [0.717, 1.165) is 0 Å². The minimum Gasteiger partial charge on any atom is -0.321 e. The first kappa shape index (κ1) is 21.3. The Morgan fingerprint density at radius 3 is 2.38 bits per heavy atom. The van der Waals surface area contributed by atoms with Gasteiger partial charge in [0.15, 0.2) is 4.91 Å². The quantitative estimate of drug-likeness (QED) is 0.465. The summed E-state index contributed by atoms with van der Waals surface area (Å²) in [6, 6.07) is 21.2. The van der Waals surface area contributed by atoms with Gasteiger partial charge >= 0.3 is 0 Å². The van der Waals surface area contributed by atoms with Crippen molar-refractivity contribution >= 4 is 38.6 Å². The van der Waals surface area contributed by atoms with E-state index in [1.807, 2.05) is 0 Å². The summed E-state index contributed by atoms with van der Waals surface area (Å²) in [5, 5.41) is 13.6. The zero-order valence-electron chi connectivity index (χ0n) is 17.1. The summed E-state index contributed by atoms with van der Waals surface area (Å²) >= 11 is 0. The van der Waals surface area contributed by atoms with Gasteiger partial charge in [0.05, 0.1) is 10.6 Å². The van der Waals surface area contributed by atoms with Crippen LogP contribution in [-0.4, -0.2) is 25.8 Å². The van der Waals surface area contributed by atoms with Gasteiger partial charge < -0.3 is 5.32 Å². The number of nitro groups is 1. The number of nitrogens with zero attached hydrogens (tertiary/aromatic N) is 2. The van der Waals surface area contributed by atoms with Gasteiger partial charge in [-0.2, -0.15) is 0 Å². The van der Waals surface area contributed by atoms with Gasteiger partial charge in [-0.25, -0.2) is 8.42 Å². The van der Waals surface area contributed by atoms with Gasteiger partial charge in [-0.05, 0) is 24.6 Å². The van der Waals surface area contributed by atoms with E-state index in [0.29, 0.717) is 16.8 Å². The molecular formula is C23H19N3O5S. The number of anilines is 2. The zero-order chi connectivity index (χ0) is 22.9. The summed E-state index contributed by atoms with van der Waals surface area (Å²) in [7, 11) is -4.20. The molecule has 0 spiro atoms. The highest BCUT2D eigenvalue weighted by Crippen LogP contribution is 2.42. The molecule has 0 saturated carbocycles. The van der Waals surface area contributed by atoms with Gasteiger partial charge in [-0.15, -0.1) is 0 Å². The van der Waals surface area contributed by atoms with Crippen LogP contribution >= 0.6 is 0 Å². The van der Waals surface area contributed by atoms with Gasteiger partial charge in [0.25, 0.3) is 21.6 Å². The summed E-state index contributed by atoms with van der Waals surface area (Å²) < 4.78 is 28.4.